The molecule has 0 aliphatic heterocycles. The molecule has 2 aromatic rings. The zero-order chi connectivity index (χ0) is 11.2. The molecule has 86 valence electrons. The van der Waals surface area contributed by atoms with Gasteiger partial charge in [0.1, 0.15) is 5.76 Å². The Kier molecular flexibility index (Phi) is 4.16. The smallest absolute Gasteiger partial charge is 0.123 e. The van der Waals surface area contributed by atoms with E-state index >= 15 is 0 Å². The van der Waals surface area contributed by atoms with E-state index in [0.717, 1.165) is 12.3 Å². The molecule has 0 spiro atoms. The Hall–Kier alpha value is -1.10. The van der Waals surface area contributed by atoms with Crippen molar-refractivity contribution in [1.29, 1.82) is 0 Å². The summed E-state index contributed by atoms with van der Waals surface area (Å²) >= 11 is 1.71. The number of nitrogens with one attached hydrogen (secondary N) is 1. The minimum absolute atomic E-state index is 0.111. The molecule has 16 heavy (non-hydrogen) atoms. The number of hydrogen-bond acceptors (Lipinski definition) is 4. The van der Waals surface area contributed by atoms with Gasteiger partial charge in [0, 0.05) is 13.7 Å². The molecule has 4 heteroatoms. The summed E-state index contributed by atoms with van der Waals surface area (Å²) in [5, 5.41) is 7.63. The first-order chi connectivity index (χ1) is 7.90. The summed E-state index contributed by atoms with van der Waals surface area (Å²) in [5.74, 6) is 0.914. The standard InChI is InChI=1S/C12H15NO2S/c1-14-8-11(12-3-2-5-15-12)13-7-10-4-6-16-9-10/h2-6,9,11,13H,7-8H2,1H3. The lowest BCUT2D eigenvalue weighted by atomic mass is 10.2. The summed E-state index contributed by atoms with van der Waals surface area (Å²) in [6, 6.07) is 6.08. The summed E-state index contributed by atoms with van der Waals surface area (Å²) in [4.78, 5) is 0. The maximum absolute atomic E-state index is 5.38. The van der Waals surface area contributed by atoms with E-state index in [1.165, 1.54) is 5.56 Å². The van der Waals surface area contributed by atoms with Crippen LogP contribution in [0.4, 0.5) is 0 Å². The fraction of sp³-hybridized carbons (Fsp3) is 0.333. The Morgan fingerprint density at radius 3 is 3.06 bits per heavy atom. The fourth-order valence-corrected chi connectivity index (χ4v) is 2.20. The average Bonchev–Trinajstić information content (AvgIpc) is 2.96. The summed E-state index contributed by atoms with van der Waals surface area (Å²) < 4.78 is 10.6. The molecule has 1 unspecified atom stereocenters. The molecule has 3 nitrogen and oxygen atoms in total. The SMILES string of the molecule is COCC(NCc1ccsc1)c1ccco1. The molecular weight excluding hydrogens is 222 g/mol. The van der Waals surface area contributed by atoms with Crippen LogP contribution in [0.1, 0.15) is 17.4 Å². The number of thiophene rings is 1. The van der Waals surface area contributed by atoms with E-state index < -0.39 is 0 Å². The van der Waals surface area contributed by atoms with Gasteiger partial charge in [-0.1, -0.05) is 0 Å². The Labute approximate surface area is 99.0 Å². The summed E-state index contributed by atoms with van der Waals surface area (Å²) in [5.41, 5.74) is 1.29. The molecule has 0 bridgehead atoms. The second-order valence-corrected chi connectivity index (χ2v) is 4.32. The van der Waals surface area contributed by atoms with Crippen LogP contribution in [0.25, 0.3) is 0 Å². The van der Waals surface area contributed by atoms with Crippen LogP contribution < -0.4 is 5.32 Å². The van der Waals surface area contributed by atoms with Gasteiger partial charge in [-0.15, -0.1) is 0 Å². The minimum Gasteiger partial charge on any atom is -0.468 e. The van der Waals surface area contributed by atoms with Crippen LogP contribution in [0.3, 0.4) is 0 Å². The second kappa shape index (κ2) is 5.84. The molecule has 0 saturated heterocycles. The highest BCUT2D eigenvalue weighted by Gasteiger charge is 2.13. The third-order valence-electron chi connectivity index (χ3n) is 2.35. The number of furan rings is 1. The van der Waals surface area contributed by atoms with Gasteiger partial charge in [0.15, 0.2) is 0 Å². The molecule has 0 radical (unpaired) electrons. The highest BCUT2D eigenvalue weighted by molar-refractivity contribution is 7.07. The van der Waals surface area contributed by atoms with E-state index in [9.17, 15) is 0 Å². The third-order valence-corrected chi connectivity index (χ3v) is 3.08. The van der Waals surface area contributed by atoms with Crippen molar-refractivity contribution in [3.63, 3.8) is 0 Å². The first-order valence-corrected chi connectivity index (χ1v) is 6.11. The van der Waals surface area contributed by atoms with Gasteiger partial charge in [-0.3, -0.25) is 0 Å². The van der Waals surface area contributed by atoms with Crippen LogP contribution in [0.2, 0.25) is 0 Å². The van der Waals surface area contributed by atoms with Crippen molar-refractivity contribution in [2.45, 2.75) is 12.6 Å². The van der Waals surface area contributed by atoms with E-state index in [1.807, 2.05) is 12.1 Å². The van der Waals surface area contributed by atoms with Gasteiger partial charge < -0.3 is 14.5 Å². The first kappa shape index (κ1) is 11.4. The van der Waals surface area contributed by atoms with Crippen molar-refractivity contribution in [3.8, 4) is 0 Å². The lowest BCUT2D eigenvalue weighted by Gasteiger charge is -2.15. The molecule has 0 saturated carbocycles. The van der Waals surface area contributed by atoms with Crippen molar-refractivity contribution < 1.29 is 9.15 Å². The highest BCUT2D eigenvalue weighted by Crippen LogP contribution is 2.15. The zero-order valence-corrected chi connectivity index (χ0v) is 10.00. The fourth-order valence-electron chi connectivity index (χ4n) is 1.53. The molecular formula is C12H15NO2S. The van der Waals surface area contributed by atoms with Gasteiger partial charge in [0.05, 0.1) is 18.9 Å². The van der Waals surface area contributed by atoms with E-state index in [1.54, 1.807) is 24.7 Å². The molecule has 1 atom stereocenters. The van der Waals surface area contributed by atoms with Crippen LogP contribution in [0.5, 0.6) is 0 Å². The number of ether oxygens (including phenoxy) is 1. The molecule has 1 N–H and O–H groups in total. The molecule has 0 fully saturated rings. The average molecular weight is 237 g/mol. The number of rotatable bonds is 6. The van der Waals surface area contributed by atoms with E-state index in [2.05, 4.69) is 22.1 Å². The van der Waals surface area contributed by atoms with Crippen LogP contribution in [-0.2, 0) is 11.3 Å². The van der Waals surface area contributed by atoms with Gasteiger partial charge in [-0.25, -0.2) is 0 Å². The maximum atomic E-state index is 5.38. The lowest BCUT2D eigenvalue weighted by molar-refractivity contribution is 0.156. The second-order valence-electron chi connectivity index (χ2n) is 3.54. The van der Waals surface area contributed by atoms with Crippen LogP contribution >= 0.6 is 11.3 Å². The van der Waals surface area contributed by atoms with Gasteiger partial charge in [0.25, 0.3) is 0 Å². The Balaban J connectivity index is 1.93. The van der Waals surface area contributed by atoms with E-state index in [4.69, 9.17) is 9.15 Å². The molecule has 0 aliphatic rings. The van der Waals surface area contributed by atoms with E-state index in [-0.39, 0.29) is 6.04 Å². The molecule has 2 rings (SSSR count). The van der Waals surface area contributed by atoms with Crippen molar-refractivity contribution in [3.05, 3.63) is 46.5 Å². The molecule has 2 heterocycles. The normalized spacial score (nSPS) is 12.8. The maximum Gasteiger partial charge on any atom is 0.123 e. The molecule has 0 aromatic carbocycles. The Bertz CT molecular complexity index is 383. The molecule has 0 aliphatic carbocycles. The summed E-state index contributed by atoms with van der Waals surface area (Å²) in [7, 11) is 1.70. The highest BCUT2D eigenvalue weighted by atomic mass is 32.1. The van der Waals surface area contributed by atoms with Gasteiger partial charge in [-0.05, 0) is 34.5 Å². The van der Waals surface area contributed by atoms with Gasteiger partial charge in [-0.2, -0.15) is 11.3 Å². The van der Waals surface area contributed by atoms with Gasteiger partial charge in [0.2, 0.25) is 0 Å². The van der Waals surface area contributed by atoms with Crippen molar-refractivity contribution >= 4 is 11.3 Å². The Morgan fingerprint density at radius 2 is 2.44 bits per heavy atom. The summed E-state index contributed by atoms with van der Waals surface area (Å²) in [6.07, 6.45) is 1.68. The van der Waals surface area contributed by atoms with Crippen LogP contribution in [0.15, 0.2) is 39.6 Å². The topological polar surface area (TPSA) is 34.4 Å². The van der Waals surface area contributed by atoms with Crippen molar-refractivity contribution in [2.24, 2.45) is 0 Å². The monoisotopic (exact) mass is 237 g/mol. The molecule has 2 aromatic heterocycles. The quantitative estimate of drug-likeness (QED) is 0.839. The number of methoxy groups -OCH3 is 1. The van der Waals surface area contributed by atoms with E-state index in [0.29, 0.717) is 6.61 Å². The predicted molar refractivity (Wildman–Crippen MR) is 64.5 cm³/mol. The first-order valence-electron chi connectivity index (χ1n) is 5.17. The zero-order valence-electron chi connectivity index (χ0n) is 9.18. The van der Waals surface area contributed by atoms with Crippen LogP contribution in [-0.4, -0.2) is 13.7 Å². The number of hydrogen-bond donors (Lipinski definition) is 1. The van der Waals surface area contributed by atoms with Gasteiger partial charge >= 0.3 is 0 Å². The van der Waals surface area contributed by atoms with Crippen molar-refractivity contribution in [1.82, 2.24) is 5.32 Å². The van der Waals surface area contributed by atoms with Crippen LogP contribution in [0, 0.1) is 0 Å². The van der Waals surface area contributed by atoms with Crippen molar-refractivity contribution in [2.75, 3.05) is 13.7 Å². The predicted octanol–water partition coefficient (Wildman–Crippen LogP) is 2.82. The summed E-state index contributed by atoms with van der Waals surface area (Å²) in [6.45, 7) is 1.44. The minimum atomic E-state index is 0.111. The Morgan fingerprint density at radius 1 is 1.50 bits per heavy atom. The molecule has 0 amide bonds. The third kappa shape index (κ3) is 2.95. The largest absolute Gasteiger partial charge is 0.468 e. The lowest BCUT2D eigenvalue weighted by Crippen LogP contribution is -2.24.